The molecular formula is C19H21NO2. The van der Waals surface area contributed by atoms with Gasteiger partial charge >= 0.3 is 0 Å². The van der Waals surface area contributed by atoms with E-state index in [0.29, 0.717) is 0 Å². The number of methoxy groups -OCH3 is 1. The first kappa shape index (κ1) is 14.6. The van der Waals surface area contributed by atoms with Crippen molar-refractivity contribution in [2.24, 2.45) is 5.92 Å². The molecule has 1 aliphatic rings. The van der Waals surface area contributed by atoms with E-state index in [1.165, 1.54) is 5.56 Å². The number of benzene rings is 2. The van der Waals surface area contributed by atoms with Crippen molar-refractivity contribution >= 4 is 5.91 Å². The van der Waals surface area contributed by atoms with Gasteiger partial charge in [-0.15, -0.1) is 0 Å². The molecule has 0 bridgehead atoms. The average Bonchev–Trinajstić information content (AvgIpc) is 2.57. The largest absolute Gasteiger partial charge is 0.497 e. The number of carbonyl (C=O) groups is 1. The van der Waals surface area contributed by atoms with Gasteiger partial charge in [-0.05, 0) is 42.5 Å². The molecule has 3 nitrogen and oxygen atoms in total. The molecule has 2 aromatic rings. The van der Waals surface area contributed by atoms with Gasteiger partial charge in [-0.1, -0.05) is 42.5 Å². The molecule has 0 spiro atoms. The standard InChI is InChI=1S/C19H21NO2/c1-22-16-12-10-15(11-13-16)18-17(19(21)20-18)9-5-8-14-6-3-2-4-7-14/h2-4,6-7,10-13,17-18H,5,8-9H2,1H3,(H,20,21)/t17-,18-/m0/s1. The second-order valence-corrected chi connectivity index (χ2v) is 5.74. The Hall–Kier alpha value is -2.29. The molecule has 1 fully saturated rings. The van der Waals surface area contributed by atoms with Crippen LogP contribution in [0, 0.1) is 5.92 Å². The van der Waals surface area contributed by atoms with Crippen LogP contribution >= 0.6 is 0 Å². The maximum atomic E-state index is 11.8. The molecule has 22 heavy (non-hydrogen) atoms. The number of carbonyl (C=O) groups excluding carboxylic acids is 1. The molecule has 3 heteroatoms. The smallest absolute Gasteiger partial charge is 0.226 e. The van der Waals surface area contributed by atoms with Gasteiger partial charge in [-0.3, -0.25) is 4.79 Å². The molecule has 2 atom stereocenters. The van der Waals surface area contributed by atoms with Crippen LogP contribution < -0.4 is 10.1 Å². The molecule has 1 saturated heterocycles. The van der Waals surface area contributed by atoms with Crippen LogP contribution in [0.1, 0.15) is 30.0 Å². The summed E-state index contributed by atoms with van der Waals surface area (Å²) in [6, 6.07) is 18.5. The van der Waals surface area contributed by atoms with E-state index >= 15 is 0 Å². The summed E-state index contributed by atoms with van der Waals surface area (Å²) < 4.78 is 5.18. The minimum Gasteiger partial charge on any atom is -0.497 e. The van der Waals surface area contributed by atoms with Gasteiger partial charge in [-0.2, -0.15) is 0 Å². The third-order valence-corrected chi connectivity index (χ3v) is 4.34. The summed E-state index contributed by atoms with van der Waals surface area (Å²) in [5.74, 6) is 1.11. The van der Waals surface area contributed by atoms with E-state index in [1.807, 2.05) is 30.3 Å². The van der Waals surface area contributed by atoms with Crippen LogP contribution in [0.15, 0.2) is 54.6 Å². The maximum absolute atomic E-state index is 11.8. The minimum atomic E-state index is 0.0945. The Labute approximate surface area is 131 Å². The number of β-lactam (4-membered cyclic amide) rings is 1. The normalized spacial score (nSPS) is 20.1. The van der Waals surface area contributed by atoms with Gasteiger partial charge in [0, 0.05) is 0 Å². The summed E-state index contributed by atoms with van der Waals surface area (Å²) in [5, 5.41) is 3.02. The highest BCUT2D eigenvalue weighted by molar-refractivity contribution is 5.86. The molecule has 1 aliphatic heterocycles. The van der Waals surface area contributed by atoms with Gasteiger partial charge in [0.1, 0.15) is 5.75 Å². The highest BCUT2D eigenvalue weighted by Crippen LogP contribution is 2.34. The Morgan fingerprint density at radius 2 is 1.77 bits per heavy atom. The van der Waals surface area contributed by atoms with E-state index < -0.39 is 0 Å². The topological polar surface area (TPSA) is 38.3 Å². The third kappa shape index (κ3) is 3.14. The van der Waals surface area contributed by atoms with Gasteiger partial charge in [0.05, 0.1) is 19.1 Å². The molecular weight excluding hydrogens is 274 g/mol. The zero-order chi connectivity index (χ0) is 15.4. The van der Waals surface area contributed by atoms with Crippen molar-refractivity contribution in [3.05, 3.63) is 65.7 Å². The van der Waals surface area contributed by atoms with Crippen molar-refractivity contribution in [2.45, 2.75) is 25.3 Å². The lowest BCUT2D eigenvalue weighted by Gasteiger charge is -2.37. The highest BCUT2D eigenvalue weighted by atomic mass is 16.5. The summed E-state index contributed by atoms with van der Waals surface area (Å²) in [6.07, 6.45) is 2.99. The van der Waals surface area contributed by atoms with Crippen molar-refractivity contribution in [1.29, 1.82) is 0 Å². The van der Waals surface area contributed by atoms with Crippen molar-refractivity contribution in [1.82, 2.24) is 5.32 Å². The van der Waals surface area contributed by atoms with Crippen molar-refractivity contribution in [3.63, 3.8) is 0 Å². The van der Waals surface area contributed by atoms with Crippen molar-refractivity contribution < 1.29 is 9.53 Å². The lowest BCUT2D eigenvalue weighted by atomic mass is 9.81. The van der Waals surface area contributed by atoms with E-state index in [0.717, 1.165) is 30.6 Å². The van der Waals surface area contributed by atoms with Crippen LogP contribution in [0.2, 0.25) is 0 Å². The third-order valence-electron chi connectivity index (χ3n) is 4.34. The lowest BCUT2D eigenvalue weighted by Crippen LogP contribution is -2.51. The highest BCUT2D eigenvalue weighted by Gasteiger charge is 2.39. The van der Waals surface area contributed by atoms with E-state index in [4.69, 9.17) is 4.74 Å². The van der Waals surface area contributed by atoms with Gasteiger partial charge in [0.15, 0.2) is 0 Å². The molecule has 0 aliphatic carbocycles. The molecule has 1 N–H and O–H groups in total. The number of rotatable bonds is 6. The van der Waals surface area contributed by atoms with Crippen molar-refractivity contribution in [2.75, 3.05) is 7.11 Å². The Kier molecular flexibility index (Phi) is 4.42. The van der Waals surface area contributed by atoms with Gasteiger partial charge in [0.2, 0.25) is 5.91 Å². The number of aryl methyl sites for hydroxylation is 1. The molecule has 3 rings (SSSR count). The van der Waals surface area contributed by atoms with E-state index in [9.17, 15) is 4.79 Å². The molecule has 0 radical (unpaired) electrons. The zero-order valence-electron chi connectivity index (χ0n) is 12.8. The van der Waals surface area contributed by atoms with E-state index in [-0.39, 0.29) is 17.9 Å². The van der Waals surface area contributed by atoms with Gasteiger partial charge < -0.3 is 10.1 Å². The zero-order valence-corrected chi connectivity index (χ0v) is 12.8. The fourth-order valence-corrected chi connectivity index (χ4v) is 3.01. The second kappa shape index (κ2) is 6.65. The summed E-state index contributed by atoms with van der Waals surface area (Å²) in [5.41, 5.74) is 2.49. The Morgan fingerprint density at radius 1 is 1.05 bits per heavy atom. The molecule has 2 aromatic carbocycles. The van der Waals surface area contributed by atoms with Crippen LogP contribution in [0.3, 0.4) is 0 Å². The van der Waals surface area contributed by atoms with E-state index in [2.05, 4.69) is 29.6 Å². The molecule has 114 valence electrons. The number of ether oxygens (including phenoxy) is 1. The molecule has 0 aromatic heterocycles. The quantitative estimate of drug-likeness (QED) is 0.828. The van der Waals surface area contributed by atoms with Crippen molar-refractivity contribution in [3.8, 4) is 5.75 Å². The van der Waals surface area contributed by atoms with Crippen LogP contribution in [0.5, 0.6) is 5.75 Å². The van der Waals surface area contributed by atoms with Gasteiger partial charge in [-0.25, -0.2) is 0 Å². The van der Waals surface area contributed by atoms with Gasteiger partial charge in [0.25, 0.3) is 0 Å². The monoisotopic (exact) mass is 295 g/mol. The summed E-state index contributed by atoms with van der Waals surface area (Å²) in [4.78, 5) is 11.8. The number of amides is 1. The fourth-order valence-electron chi connectivity index (χ4n) is 3.01. The summed E-state index contributed by atoms with van der Waals surface area (Å²) >= 11 is 0. The Bertz CT molecular complexity index is 622. The average molecular weight is 295 g/mol. The lowest BCUT2D eigenvalue weighted by molar-refractivity contribution is -0.135. The fraction of sp³-hybridized carbons (Fsp3) is 0.316. The molecule has 0 saturated carbocycles. The Morgan fingerprint density at radius 3 is 2.41 bits per heavy atom. The number of hydrogen-bond donors (Lipinski definition) is 1. The maximum Gasteiger partial charge on any atom is 0.226 e. The minimum absolute atomic E-state index is 0.0945. The first-order valence-electron chi connectivity index (χ1n) is 7.76. The van der Waals surface area contributed by atoms with Crippen LogP contribution in [0.25, 0.3) is 0 Å². The number of nitrogens with one attached hydrogen (secondary N) is 1. The predicted octanol–water partition coefficient (Wildman–Crippen LogP) is 3.51. The summed E-state index contributed by atoms with van der Waals surface area (Å²) in [6.45, 7) is 0. The van der Waals surface area contributed by atoms with Crippen LogP contribution in [0.4, 0.5) is 0 Å². The summed E-state index contributed by atoms with van der Waals surface area (Å²) in [7, 11) is 1.66. The first-order chi connectivity index (χ1) is 10.8. The second-order valence-electron chi connectivity index (χ2n) is 5.74. The molecule has 1 amide bonds. The van der Waals surface area contributed by atoms with Crippen LogP contribution in [-0.4, -0.2) is 13.0 Å². The predicted molar refractivity (Wildman–Crippen MR) is 86.7 cm³/mol. The number of hydrogen-bond acceptors (Lipinski definition) is 2. The van der Waals surface area contributed by atoms with E-state index in [1.54, 1.807) is 7.11 Å². The van der Waals surface area contributed by atoms with Crippen LogP contribution in [-0.2, 0) is 11.2 Å². The SMILES string of the molecule is COc1ccc([C@@H]2NC(=O)[C@H]2CCCc2ccccc2)cc1. The molecule has 1 heterocycles. The first-order valence-corrected chi connectivity index (χ1v) is 7.76. The molecule has 0 unspecified atom stereocenters. The Balaban J connectivity index is 1.56.